The summed E-state index contributed by atoms with van der Waals surface area (Å²) in [6.07, 6.45) is 0. The van der Waals surface area contributed by atoms with Crippen LogP contribution in [-0.4, -0.2) is 32.0 Å². The molecule has 150 valence electrons. The van der Waals surface area contributed by atoms with Gasteiger partial charge in [0.25, 0.3) is 0 Å². The number of sulfonamides is 1. The second kappa shape index (κ2) is 7.21. The first-order valence-corrected chi connectivity index (χ1v) is 11.0. The Morgan fingerprint density at radius 2 is 1.43 bits per heavy atom. The van der Waals surface area contributed by atoms with E-state index in [1.165, 1.54) is 0 Å². The number of rotatable bonds is 5. The minimum atomic E-state index is -3.42. The summed E-state index contributed by atoms with van der Waals surface area (Å²) in [5, 5.41) is -0.508. The first kappa shape index (κ1) is 20.9. The normalized spacial score (nSPS) is 18.5. The van der Waals surface area contributed by atoms with Crippen molar-refractivity contribution in [3.05, 3.63) is 48.5 Å². The minimum absolute atomic E-state index is 0.391. The molecule has 1 heterocycles. The van der Waals surface area contributed by atoms with E-state index >= 15 is 0 Å². The zero-order chi connectivity index (χ0) is 20.7. The summed E-state index contributed by atoms with van der Waals surface area (Å²) in [5.74, 6) is 0. The molecule has 0 aromatic heterocycles. The average molecular weight is 401 g/mol. The van der Waals surface area contributed by atoms with E-state index < -0.39 is 33.6 Å². The molecule has 28 heavy (non-hydrogen) atoms. The van der Waals surface area contributed by atoms with E-state index in [1.807, 2.05) is 70.2 Å². The van der Waals surface area contributed by atoms with Gasteiger partial charge < -0.3 is 9.31 Å². The van der Waals surface area contributed by atoms with Crippen molar-refractivity contribution in [2.24, 2.45) is 0 Å². The smallest absolute Gasteiger partial charge is 0.399 e. The van der Waals surface area contributed by atoms with Crippen molar-refractivity contribution < 1.29 is 17.7 Å². The molecule has 1 fully saturated rings. The molecule has 7 heteroatoms. The summed E-state index contributed by atoms with van der Waals surface area (Å²) in [5.41, 5.74) is 2.47. The highest BCUT2D eigenvalue weighted by Gasteiger charge is 2.51. The van der Waals surface area contributed by atoms with Crippen LogP contribution < -0.4 is 10.2 Å². The highest BCUT2D eigenvalue weighted by Crippen LogP contribution is 2.36. The molecular weight excluding hydrogens is 373 g/mol. The molecule has 0 amide bonds. The summed E-state index contributed by atoms with van der Waals surface area (Å²) in [6.45, 7) is 11.4. The van der Waals surface area contributed by atoms with Crippen molar-refractivity contribution in [3.8, 4) is 11.1 Å². The Kier molecular flexibility index (Phi) is 5.38. The Labute approximate surface area is 168 Å². The number of nitrogens with one attached hydrogen (secondary N) is 1. The van der Waals surface area contributed by atoms with Gasteiger partial charge in [-0.05, 0) is 58.6 Å². The zero-order valence-corrected chi connectivity index (χ0v) is 18.1. The van der Waals surface area contributed by atoms with Crippen molar-refractivity contribution >= 4 is 28.3 Å². The molecule has 0 saturated carbocycles. The van der Waals surface area contributed by atoms with Crippen LogP contribution in [0.3, 0.4) is 0 Å². The van der Waals surface area contributed by atoms with E-state index in [0.29, 0.717) is 5.69 Å². The van der Waals surface area contributed by atoms with Gasteiger partial charge in [-0.2, -0.15) is 0 Å². The lowest BCUT2D eigenvalue weighted by Crippen LogP contribution is -2.41. The van der Waals surface area contributed by atoms with Crippen LogP contribution >= 0.6 is 0 Å². The van der Waals surface area contributed by atoms with Crippen LogP contribution in [0.4, 0.5) is 5.69 Å². The van der Waals surface area contributed by atoms with E-state index in [0.717, 1.165) is 16.6 Å². The Morgan fingerprint density at radius 3 is 1.96 bits per heavy atom. The highest BCUT2D eigenvalue weighted by molar-refractivity contribution is 7.93. The van der Waals surface area contributed by atoms with Gasteiger partial charge in [0.05, 0.1) is 22.1 Å². The van der Waals surface area contributed by atoms with Crippen molar-refractivity contribution in [2.45, 2.75) is 58.0 Å². The summed E-state index contributed by atoms with van der Waals surface area (Å²) < 4.78 is 39.5. The molecule has 5 nitrogen and oxygen atoms in total. The summed E-state index contributed by atoms with van der Waals surface area (Å²) in [4.78, 5) is 0. The van der Waals surface area contributed by atoms with E-state index in [2.05, 4.69) is 4.72 Å². The van der Waals surface area contributed by atoms with E-state index in [9.17, 15) is 8.42 Å². The molecular formula is C21H28BNO4S. The molecule has 1 saturated heterocycles. The number of hydrogen-bond donors (Lipinski definition) is 1. The minimum Gasteiger partial charge on any atom is -0.399 e. The van der Waals surface area contributed by atoms with Gasteiger partial charge in [0.1, 0.15) is 0 Å². The van der Waals surface area contributed by atoms with Gasteiger partial charge in [0.15, 0.2) is 0 Å². The van der Waals surface area contributed by atoms with Gasteiger partial charge in [0.2, 0.25) is 10.0 Å². The number of benzene rings is 2. The van der Waals surface area contributed by atoms with Crippen LogP contribution in [0.25, 0.3) is 11.1 Å². The second-order valence-electron chi connectivity index (χ2n) is 8.45. The second-order valence-corrected chi connectivity index (χ2v) is 10.7. The average Bonchev–Trinajstić information content (AvgIpc) is 2.83. The molecule has 0 radical (unpaired) electrons. The van der Waals surface area contributed by atoms with E-state index in [1.54, 1.807) is 19.9 Å². The molecule has 1 N–H and O–H groups in total. The van der Waals surface area contributed by atoms with Gasteiger partial charge >= 0.3 is 7.12 Å². The molecule has 0 bridgehead atoms. The SMILES string of the molecule is CC(C)S(=O)(=O)Nc1ccccc1-c1ccc(B2OC(C)(C)C(C)(C)O2)cc1. The third-order valence-electron chi connectivity index (χ3n) is 5.55. The van der Waals surface area contributed by atoms with E-state index in [4.69, 9.17) is 9.31 Å². The lowest BCUT2D eigenvalue weighted by Gasteiger charge is -2.32. The topological polar surface area (TPSA) is 64.6 Å². The van der Waals surface area contributed by atoms with Gasteiger partial charge in [-0.25, -0.2) is 8.42 Å². The quantitative estimate of drug-likeness (QED) is 0.774. The largest absolute Gasteiger partial charge is 0.494 e. The van der Waals surface area contributed by atoms with Crippen LogP contribution in [0.5, 0.6) is 0 Å². The maximum Gasteiger partial charge on any atom is 0.494 e. The fourth-order valence-electron chi connectivity index (χ4n) is 2.89. The van der Waals surface area contributed by atoms with Crippen molar-refractivity contribution in [1.82, 2.24) is 0 Å². The van der Waals surface area contributed by atoms with Gasteiger partial charge in [-0.3, -0.25) is 4.72 Å². The monoisotopic (exact) mass is 401 g/mol. The van der Waals surface area contributed by atoms with Crippen LogP contribution in [0.1, 0.15) is 41.5 Å². The van der Waals surface area contributed by atoms with Crippen molar-refractivity contribution in [1.29, 1.82) is 0 Å². The van der Waals surface area contributed by atoms with Crippen LogP contribution in [0.15, 0.2) is 48.5 Å². The van der Waals surface area contributed by atoms with E-state index in [-0.39, 0.29) is 0 Å². The first-order valence-electron chi connectivity index (χ1n) is 9.49. The summed E-state index contributed by atoms with van der Waals surface area (Å²) in [6, 6.07) is 15.2. The molecule has 1 aliphatic heterocycles. The predicted molar refractivity (Wildman–Crippen MR) is 115 cm³/mol. The number of para-hydroxylation sites is 1. The standard InChI is InChI=1S/C21H28BNO4S/c1-15(2)28(24,25)23-19-10-8-7-9-18(19)16-11-13-17(14-12-16)22-26-20(3,4)21(5,6)27-22/h7-15,23H,1-6H3. The number of anilines is 1. The lowest BCUT2D eigenvalue weighted by atomic mass is 9.78. The Morgan fingerprint density at radius 1 is 0.893 bits per heavy atom. The van der Waals surface area contributed by atoms with Gasteiger partial charge in [0, 0.05) is 5.56 Å². The summed E-state index contributed by atoms with van der Waals surface area (Å²) >= 11 is 0. The maximum atomic E-state index is 12.3. The van der Waals surface area contributed by atoms with Gasteiger partial charge in [-0.1, -0.05) is 42.5 Å². The highest BCUT2D eigenvalue weighted by atomic mass is 32.2. The van der Waals surface area contributed by atoms with Crippen LogP contribution in [0.2, 0.25) is 0 Å². The fraction of sp³-hybridized carbons (Fsp3) is 0.429. The predicted octanol–water partition coefficient (Wildman–Crippen LogP) is 3.80. The first-order chi connectivity index (χ1) is 12.9. The molecule has 0 atom stereocenters. The molecule has 2 aromatic rings. The van der Waals surface area contributed by atoms with Crippen molar-refractivity contribution in [2.75, 3.05) is 4.72 Å². The molecule has 3 rings (SSSR count). The lowest BCUT2D eigenvalue weighted by molar-refractivity contribution is 0.00578. The Bertz CT molecular complexity index is 937. The molecule has 0 unspecified atom stereocenters. The summed E-state index contributed by atoms with van der Waals surface area (Å²) in [7, 11) is -3.84. The molecule has 0 aliphatic carbocycles. The van der Waals surface area contributed by atoms with Crippen molar-refractivity contribution in [3.63, 3.8) is 0 Å². The molecule has 1 aliphatic rings. The maximum absolute atomic E-state index is 12.3. The number of hydrogen-bond acceptors (Lipinski definition) is 4. The zero-order valence-electron chi connectivity index (χ0n) is 17.3. The third-order valence-corrected chi connectivity index (χ3v) is 7.29. The molecule has 0 spiro atoms. The van der Waals surface area contributed by atoms with Crippen LogP contribution in [0, 0.1) is 0 Å². The Hall–Kier alpha value is -1.83. The van der Waals surface area contributed by atoms with Gasteiger partial charge in [-0.15, -0.1) is 0 Å². The molecule has 2 aromatic carbocycles. The third kappa shape index (κ3) is 3.97. The van der Waals surface area contributed by atoms with Crippen LogP contribution in [-0.2, 0) is 19.3 Å². The fourth-order valence-corrected chi connectivity index (χ4v) is 3.61. The Balaban J connectivity index is 1.88.